The Balaban J connectivity index is 1.27. The molecule has 1 aliphatic rings. The molecule has 4 N–H and O–H groups in total. The molecule has 5 unspecified atom stereocenters. The number of ether oxygens (including phenoxy) is 3. The molecule has 0 aliphatic heterocycles. The molecule has 0 saturated carbocycles. The van der Waals surface area contributed by atoms with Gasteiger partial charge in [0, 0.05) is 19.4 Å². The van der Waals surface area contributed by atoms with Crippen molar-refractivity contribution in [1.82, 2.24) is 16.0 Å². The number of carbonyl (C=O) groups is 4. The van der Waals surface area contributed by atoms with Crippen molar-refractivity contribution in [2.75, 3.05) is 26.9 Å². The van der Waals surface area contributed by atoms with E-state index >= 15 is 0 Å². The SMILES string of the molecule is C=CCCC(NC(=O)OCC1c2ccccc2-c2ccccc21)C(=O)OC(c1ccccc1)C(COC)NC(=O)C(CC=C)CC(=O)NC(CO)Cc1ccccc1. The fourth-order valence-electron chi connectivity index (χ4n) is 7.29. The number of alkyl carbamates (subject to hydrolysis) is 1. The van der Waals surface area contributed by atoms with Gasteiger partial charge in [0.15, 0.2) is 0 Å². The van der Waals surface area contributed by atoms with Gasteiger partial charge in [0.1, 0.15) is 18.8 Å². The number of fused-ring (bicyclic) bond motifs is 3. The molecule has 11 heteroatoms. The minimum absolute atomic E-state index is 0.0492. The number of esters is 1. The van der Waals surface area contributed by atoms with E-state index in [2.05, 4.69) is 41.2 Å². The zero-order chi connectivity index (χ0) is 41.3. The summed E-state index contributed by atoms with van der Waals surface area (Å²) < 4.78 is 17.4. The zero-order valence-corrected chi connectivity index (χ0v) is 32.9. The topological polar surface area (TPSA) is 152 Å². The monoisotopic (exact) mass is 787 g/mol. The normalized spacial score (nSPS) is 14.3. The van der Waals surface area contributed by atoms with Crippen molar-refractivity contribution in [2.24, 2.45) is 5.92 Å². The highest BCUT2D eigenvalue weighted by Gasteiger charge is 2.35. The van der Waals surface area contributed by atoms with Crippen molar-refractivity contribution < 1.29 is 38.5 Å². The number of allylic oxidation sites excluding steroid dienone is 2. The molecule has 5 atom stereocenters. The lowest BCUT2D eigenvalue weighted by Crippen LogP contribution is -2.49. The largest absolute Gasteiger partial charge is 0.454 e. The van der Waals surface area contributed by atoms with Gasteiger partial charge in [-0.15, -0.1) is 13.2 Å². The number of carbonyl (C=O) groups excluding carboxylic acids is 4. The van der Waals surface area contributed by atoms with E-state index in [0.717, 1.165) is 27.8 Å². The standard InChI is InChI=1S/C47H53N3O8/c1-4-6-26-41(50-47(55)57-30-40-38-24-15-13-22-36(38)37-23-14-16-25-39(37)40)46(54)58-44(33-20-11-8-12-21-33)42(31-56-3)49-45(53)34(17-5-2)28-43(52)48-35(29-51)27-32-18-9-7-10-19-32/h4-5,7-16,18-25,34-35,40-42,44,51H,1-2,6,17,26-31H2,3H3,(H,48,52)(H,49,53)(H,50,55). The predicted octanol–water partition coefficient (Wildman–Crippen LogP) is 6.58. The molecule has 3 amide bonds. The van der Waals surface area contributed by atoms with Crippen LogP contribution in [0.2, 0.25) is 0 Å². The highest BCUT2D eigenvalue weighted by molar-refractivity contribution is 5.86. The highest BCUT2D eigenvalue weighted by atomic mass is 16.6. The predicted molar refractivity (Wildman–Crippen MR) is 223 cm³/mol. The van der Waals surface area contributed by atoms with Crippen molar-refractivity contribution in [2.45, 2.75) is 62.3 Å². The summed E-state index contributed by atoms with van der Waals surface area (Å²) in [6.07, 6.45) is 2.39. The van der Waals surface area contributed by atoms with Crippen molar-refractivity contribution in [3.05, 3.63) is 157 Å². The van der Waals surface area contributed by atoms with Gasteiger partial charge >= 0.3 is 12.1 Å². The molecule has 1 aliphatic carbocycles. The van der Waals surface area contributed by atoms with E-state index in [0.29, 0.717) is 18.4 Å². The van der Waals surface area contributed by atoms with Crippen LogP contribution in [0.5, 0.6) is 0 Å². The molecule has 58 heavy (non-hydrogen) atoms. The van der Waals surface area contributed by atoms with Gasteiger partial charge in [-0.3, -0.25) is 9.59 Å². The lowest BCUT2D eigenvalue weighted by atomic mass is 9.97. The number of amides is 3. The minimum Gasteiger partial charge on any atom is -0.454 e. The Kier molecular flexibility index (Phi) is 16.4. The summed E-state index contributed by atoms with van der Waals surface area (Å²) in [5, 5.41) is 18.5. The molecule has 0 fully saturated rings. The fraction of sp³-hybridized carbons (Fsp3) is 0.319. The Hall–Kier alpha value is -6.04. The minimum atomic E-state index is -1.11. The van der Waals surface area contributed by atoms with Crippen LogP contribution in [0.3, 0.4) is 0 Å². The molecule has 0 saturated heterocycles. The Morgan fingerprint density at radius 2 is 1.41 bits per heavy atom. The molecule has 0 bridgehead atoms. The third-order valence-electron chi connectivity index (χ3n) is 10.2. The Morgan fingerprint density at radius 1 is 0.793 bits per heavy atom. The molecular weight excluding hydrogens is 735 g/mol. The van der Waals surface area contributed by atoms with Crippen LogP contribution in [0.25, 0.3) is 11.1 Å². The maximum atomic E-state index is 14.0. The summed E-state index contributed by atoms with van der Waals surface area (Å²) in [5.74, 6) is -2.61. The van der Waals surface area contributed by atoms with E-state index < -0.39 is 54.0 Å². The van der Waals surface area contributed by atoms with E-state index in [1.165, 1.54) is 7.11 Å². The third-order valence-corrected chi connectivity index (χ3v) is 10.2. The Labute approximate surface area is 340 Å². The van der Waals surface area contributed by atoms with Crippen LogP contribution in [0, 0.1) is 5.92 Å². The molecule has 4 aromatic rings. The van der Waals surface area contributed by atoms with Crippen molar-refractivity contribution in [3.63, 3.8) is 0 Å². The summed E-state index contributed by atoms with van der Waals surface area (Å²) in [4.78, 5) is 54.5. The molecule has 304 valence electrons. The highest BCUT2D eigenvalue weighted by Crippen LogP contribution is 2.44. The summed E-state index contributed by atoms with van der Waals surface area (Å²) in [6.45, 7) is 7.31. The van der Waals surface area contributed by atoms with Crippen LogP contribution in [0.15, 0.2) is 135 Å². The second-order valence-corrected chi connectivity index (χ2v) is 14.3. The van der Waals surface area contributed by atoms with E-state index in [1.807, 2.05) is 72.8 Å². The molecule has 0 aromatic heterocycles. The van der Waals surface area contributed by atoms with E-state index in [-0.39, 0.29) is 45.0 Å². The van der Waals surface area contributed by atoms with Crippen molar-refractivity contribution in [1.29, 1.82) is 0 Å². The van der Waals surface area contributed by atoms with Gasteiger partial charge in [-0.25, -0.2) is 9.59 Å². The first-order chi connectivity index (χ1) is 28.3. The summed E-state index contributed by atoms with van der Waals surface area (Å²) in [7, 11) is 1.46. The third kappa shape index (κ3) is 11.7. The Morgan fingerprint density at radius 3 is 2.02 bits per heavy atom. The van der Waals surface area contributed by atoms with Crippen molar-refractivity contribution in [3.8, 4) is 11.1 Å². The van der Waals surface area contributed by atoms with Crippen LogP contribution in [-0.4, -0.2) is 74.0 Å². The van der Waals surface area contributed by atoms with Crippen LogP contribution >= 0.6 is 0 Å². The molecule has 11 nitrogen and oxygen atoms in total. The van der Waals surface area contributed by atoms with Crippen LogP contribution in [0.1, 0.15) is 60.0 Å². The number of nitrogens with one attached hydrogen (secondary N) is 3. The van der Waals surface area contributed by atoms with Crippen LogP contribution < -0.4 is 16.0 Å². The quantitative estimate of drug-likeness (QED) is 0.0516. The first kappa shape index (κ1) is 43.1. The van der Waals surface area contributed by atoms with Gasteiger partial charge < -0.3 is 35.3 Å². The number of aliphatic hydroxyl groups is 1. The lowest BCUT2D eigenvalue weighted by Gasteiger charge is -2.30. The maximum absolute atomic E-state index is 14.0. The molecule has 0 spiro atoms. The number of hydrogen-bond acceptors (Lipinski definition) is 8. The number of methoxy groups -OCH3 is 1. The molecule has 5 rings (SSSR count). The molecular formula is C47H53N3O8. The maximum Gasteiger partial charge on any atom is 0.407 e. The second-order valence-electron chi connectivity index (χ2n) is 14.3. The molecule has 0 heterocycles. The summed E-state index contributed by atoms with van der Waals surface area (Å²) in [5.41, 5.74) is 5.83. The van der Waals surface area contributed by atoms with Crippen LogP contribution in [-0.2, 0) is 35.0 Å². The van der Waals surface area contributed by atoms with E-state index in [1.54, 1.807) is 36.4 Å². The van der Waals surface area contributed by atoms with Gasteiger partial charge in [0.2, 0.25) is 11.8 Å². The van der Waals surface area contributed by atoms with E-state index in [4.69, 9.17) is 14.2 Å². The first-order valence-electron chi connectivity index (χ1n) is 19.6. The average molecular weight is 788 g/mol. The van der Waals surface area contributed by atoms with Gasteiger partial charge in [0.05, 0.1) is 31.2 Å². The van der Waals surface area contributed by atoms with Crippen molar-refractivity contribution >= 4 is 23.9 Å². The number of aliphatic hydroxyl groups excluding tert-OH is 1. The smallest absolute Gasteiger partial charge is 0.407 e. The van der Waals surface area contributed by atoms with Gasteiger partial charge in [-0.1, -0.05) is 121 Å². The number of hydrogen-bond donors (Lipinski definition) is 4. The number of benzene rings is 4. The molecule has 0 radical (unpaired) electrons. The average Bonchev–Trinajstić information content (AvgIpc) is 3.56. The lowest BCUT2D eigenvalue weighted by molar-refractivity contribution is -0.155. The van der Waals surface area contributed by atoms with Crippen LogP contribution in [0.4, 0.5) is 4.79 Å². The number of rotatable bonds is 22. The van der Waals surface area contributed by atoms with Gasteiger partial charge in [-0.2, -0.15) is 0 Å². The first-order valence-corrected chi connectivity index (χ1v) is 19.6. The Bertz CT molecular complexity index is 1940. The second kappa shape index (κ2) is 22.0. The van der Waals surface area contributed by atoms with E-state index in [9.17, 15) is 24.3 Å². The summed E-state index contributed by atoms with van der Waals surface area (Å²) in [6, 6.07) is 31.9. The van der Waals surface area contributed by atoms with Gasteiger partial charge in [0.25, 0.3) is 0 Å². The summed E-state index contributed by atoms with van der Waals surface area (Å²) >= 11 is 0. The zero-order valence-electron chi connectivity index (χ0n) is 32.9. The van der Waals surface area contributed by atoms with Gasteiger partial charge in [-0.05, 0) is 59.1 Å². The fourth-order valence-corrected chi connectivity index (χ4v) is 7.29. The molecule has 4 aromatic carbocycles.